The molecule has 0 saturated heterocycles. The van der Waals surface area contributed by atoms with Gasteiger partial charge in [-0.15, -0.1) is 0 Å². The summed E-state index contributed by atoms with van der Waals surface area (Å²) in [7, 11) is 0. The molecule has 0 aliphatic rings. The molecule has 1 radical (unpaired) electrons. The number of carboxylic acid groups (broad SMARTS) is 1. The molecule has 0 aromatic heterocycles. The van der Waals surface area contributed by atoms with Crippen molar-refractivity contribution in [3.05, 3.63) is 0 Å². The molecule has 91 valence electrons. The zero-order valence-corrected chi connectivity index (χ0v) is 16.2. The van der Waals surface area contributed by atoms with Crippen molar-refractivity contribution in [1.82, 2.24) is 0 Å². The van der Waals surface area contributed by atoms with Crippen molar-refractivity contribution >= 4 is 5.97 Å². The van der Waals surface area contributed by atoms with E-state index in [-0.39, 0.29) is 122 Å². The van der Waals surface area contributed by atoms with Crippen molar-refractivity contribution in [1.29, 1.82) is 0 Å². The third-order valence-corrected chi connectivity index (χ3v) is 1.51. The molecule has 0 bridgehead atoms. The number of aliphatic carboxylic acids is 1. The van der Waals surface area contributed by atoms with E-state index in [1.807, 2.05) is 0 Å². The topological polar surface area (TPSA) is 138 Å². The Bertz CT molecular complexity index is 193. The van der Waals surface area contributed by atoms with Gasteiger partial charge in [-0.1, -0.05) is 0 Å². The molecule has 0 aliphatic carbocycles. The minimum absolute atomic E-state index is 0. The average molecular weight is 335 g/mol. The molecule has 0 fully saturated rings. The van der Waals surface area contributed by atoms with Gasteiger partial charge < -0.3 is 33.5 Å². The van der Waals surface area contributed by atoms with E-state index in [1.54, 1.807) is 0 Å². The first-order chi connectivity index (χ1) is 5.91. The Morgan fingerprint density at radius 3 is 1.69 bits per heavy atom. The maximum Gasteiger partial charge on any atom is 1.00 e. The van der Waals surface area contributed by atoms with Gasteiger partial charge in [0.2, 0.25) is 0 Å². The van der Waals surface area contributed by atoms with Gasteiger partial charge in [-0.3, -0.25) is 0 Å². The molecule has 7 nitrogen and oxygen atoms in total. The van der Waals surface area contributed by atoms with Crippen LogP contribution < -0.4 is 103 Å². The molecule has 0 unspecified atom stereocenters. The van der Waals surface area contributed by atoms with Gasteiger partial charge in [-0.05, 0) is 0 Å². The van der Waals surface area contributed by atoms with E-state index in [0.29, 0.717) is 0 Å². The minimum Gasteiger partial charge on any atom is -1.00 e. The summed E-state index contributed by atoms with van der Waals surface area (Å²) in [5.74, 6) is -1.73. The maximum absolute atomic E-state index is 10.1. The summed E-state index contributed by atoms with van der Waals surface area (Å²) in [6.07, 6.45) is -7.84. The van der Waals surface area contributed by atoms with Crippen LogP contribution in [0.1, 0.15) is 2.85 Å². The van der Waals surface area contributed by atoms with Crippen LogP contribution in [0.25, 0.3) is 0 Å². The average Bonchev–Trinajstić information content (AvgIpc) is 2.12. The van der Waals surface area contributed by atoms with Crippen LogP contribution in [0.3, 0.4) is 0 Å². The van der Waals surface area contributed by atoms with Crippen LogP contribution in [0.2, 0.25) is 0 Å². The number of carbonyl (C=O) groups is 1. The molecule has 0 heterocycles. The van der Waals surface area contributed by atoms with Gasteiger partial charge in [0.15, 0.2) is 6.10 Å². The quantitative estimate of drug-likeness (QED) is 0.274. The normalized spacial score (nSPS) is 16.6. The molecule has 0 amide bonds. The van der Waals surface area contributed by atoms with Crippen LogP contribution in [0.4, 0.5) is 0 Å². The molecule has 6 N–H and O–H groups in total. The zero-order valence-electron chi connectivity index (χ0n) is 10.9. The summed E-state index contributed by atoms with van der Waals surface area (Å²) in [6.45, 7) is -0.843. The standard InChI is InChI=1S/C6H12O7.Co.2K.2H/c7-1-2(8)3(9)4(10)5(11)6(12)13;;;;;/h2-5,7-11H,1H2,(H,12,13);;;;;/q;;2*+1;2*-1/t2-,3-,4+,5-;;;;;/m1...../s1. The zero-order chi connectivity index (χ0) is 10.6. The fraction of sp³-hybridized carbons (Fsp3) is 0.833. The first-order valence-corrected chi connectivity index (χ1v) is 3.47. The van der Waals surface area contributed by atoms with E-state index >= 15 is 0 Å². The number of hydrogen-bond acceptors (Lipinski definition) is 6. The SMILES string of the molecule is O=C(O)[C@H](O)[C@@H](O)[C@H](O)[C@H](O)CO.[Co].[H-].[H-].[K+].[K+]. The summed E-state index contributed by atoms with van der Waals surface area (Å²) >= 11 is 0. The van der Waals surface area contributed by atoms with Crippen LogP contribution in [0.5, 0.6) is 0 Å². The Hall–Kier alpha value is 3.05. The summed E-state index contributed by atoms with van der Waals surface area (Å²) in [5.41, 5.74) is 0. The Morgan fingerprint density at radius 1 is 1.06 bits per heavy atom. The Kier molecular flexibility index (Phi) is 24.8. The van der Waals surface area contributed by atoms with E-state index in [2.05, 4.69) is 0 Å². The van der Waals surface area contributed by atoms with Crippen molar-refractivity contribution in [3.8, 4) is 0 Å². The molecule has 0 spiro atoms. The second-order valence-corrected chi connectivity index (χ2v) is 2.51. The molecule has 0 aliphatic heterocycles. The van der Waals surface area contributed by atoms with Crippen LogP contribution in [0.15, 0.2) is 0 Å². The Balaban J connectivity index is -0.0000000720. The molecule has 0 rings (SSSR count). The largest absolute Gasteiger partial charge is 1.00 e. The number of carboxylic acids is 1. The summed E-state index contributed by atoms with van der Waals surface area (Å²) in [6, 6.07) is 0. The van der Waals surface area contributed by atoms with Crippen LogP contribution in [0, 0.1) is 0 Å². The first kappa shape index (κ1) is 27.4. The third kappa shape index (κ3) is 9.91. The first-order valence-electron chi connectivity index (χ1n) is 3.47. The second kappa shape index (κ2) is 14.5. The van der Waals surface area contributed by atoms with Gasteiger partial charge in [-0.2, -0.15) is 0 Å². The number of aliphatic hydroxyl groups is 5. The second-order valence-electron chi connectivity index (χ2n) is 2.51. The maximum atomic E-state index is 10.1. The van der Waals surface area contributed by atoms with E-state index in [0.717, 1.165) is 0 Å². The van der Waals surface area contributed by atoms with Crippen LogP contribution >= 0.6 is 0 Å². The predicted molar refractivity (Wildman–Crippen MR) is 41.0 cm³/mol. The fourth-order valence-corrected chi connectivity index (χ4v) is 0.668. The number of hydrogen-bond donors (Lipinski definition) is 6. The van der Waals surface area contributed by atoms with E-state index in [4.69, 9.17) is 30.6 Å². The minimum atomic E-state index is -2.20. The molecule has 16 heavy (non-hydrogen) atoms. The van der Waals surface area contributed by atoms with Crippen molar-refractivity contribution in [2.75, 3.05) is 6.61 Å². The van der Waals surface area contributed by atoms with Crippen molar-refractivity contribution in [2.24, 2.45) is 0 Å². The number of aliphatic hydroxyl groups excluding tert-OH is 5. The van der Waals surface area contributed by atoms with Crippen molar-refractivity contribution in [2.45, 2.75) is 24.4 Å². The molecule has 0 aromatic carbocycles. The molecule has 0 aromatic rings. The van der Waals surface area contributed by atoms with E-state index < -0.39 is 37.0 Å². The summed E-state index contributed by atoms with van der Waals surface area (Å²) in [5, 5.41) is 51.8. The fourth-order valence-electron chi connectivity index (χ4n) is 0.668. The van der Waals surface area contributed by atoms with E-state index in [9.17, 15) is 4.79 Å². The monoisotopic (exact) mass is 335 g/mol. The van der Waals surface area contributed by atoms with Crippen molar-refractivity contribution < 1.29 is 158 Å². The number of rotatable bonds is 5. The van der Waals surface area contributed by atoms with Gasteiger partial charge in [0.1, 0.15) is 18.3 Å². The van der Waals surface area contributed by atoms with Crippen LogP contribution in [-0.4, -0.2) is 67.6 Å². The molecule has 0 saturated carbocycles. The molecular weight excluding hydrogens is 321 g/mol. The van der Waals surface area contributed by atoms with E-state index in [1.165, 1.54) is 0 Å². The van der Waals surface area contributed by atoms with Gasteiger partial charge in [0, 0.05) is 16.8 Å². The summed E-state index contributed by atoms with van der Waals surface area (Å²) < 4.78 is 0. The molecular formula is C6H14CoK2O7. The van der Waals surface area contributed by atoms with Crippen LogP contribution in [-0.2, 0) is 21.6 Å². The Labute approximate surface area is 191 Å². The molecule has 10 heteroatoms. The predicted octanol–water partition coefficient (Wildman–Crippen LogP) is -9.26. The summed E-state index contributed by atoms with van der Waals surface area (Å²) in [4.78, 5) is 10.1. The van der Waals surface area contributed by atoms with Crippen molar-refractivity contribution in [3.63, 3.8) is 0 Å². The van der Waals surface area contributed by atoms with Gasteiger partial charge in [0.25, 0.3) is 0 Å². The molecule has 4 atom stereocenters. The Morgan fingerprint density at radius 2 is 1.44 bits per heavy atom. The van der Waals surface area contributed by atoms with Gasteiger partial charge in [0.05, 0.1) is 6.61 Å². The van der Waals surface area contributed by atoms with Gasteiger partial charge >= 0.3 is 109 Å². The smallest absolute Gasteiger partial charge is 1.00 e. The third-order valence-electron chi connectivity index (χ3n) is 1.51. The van der Waals surface area contributed by atoms with Gasteiger partial charge in [-0.25, -0.2) is 4.79 Å².